The molecule has 6 nitrogen and oxygen atoms in total. The summed E-state index contributed by atoms with van der Waals surface area (Å²) in [6.45, 7) is 3.96. The van der Waals surface area contributed by atoms with E-state index in [0.29, 0.717) is 16.0 Å². The molecule has 2 aliphatic rings. The van der Waals surface area contributed by atoms with Gasteiger partial charge in [0.1, 0.15) is 15.6 Å². The Morgan fingerprint density at radius 2 is 2.08 bits per heavy atom. The summed E-state index contributed by atoms with van der Waals surface area (Å²) in [7, 11) is 2.17. The van der Waals surface area contributed by atoms with Crippen LogP contribution in [0.5, 0.6) is 0 Å². The molecule has 4 heterocycles. The molecule has 126 valence electrons. The molecule has 1 amide bonds. The number of thiazole rings is 1. The monoisotopic (exact) mass is 343 g/mol. The van der Waals surface area contributed by atoms with Crippen LogP contribution in [0.4, 0.5) is 0 Å². The minimum Gasteiger partial charge on any atom is -0.337 e. The molecule has 7 heteroatoms. The lowest BCUT2D eigenvalue weighted by Gasteiger charge is -2.40. The van der Waals surface area contributed by atoms with Crippen LogP contribution in [0.25, 0.3) is 10.7 Å². The minimum absolute atomic E-state index is 0.108. The summed E-state index contributed by atoms with van der Waals surface area (Å²) in [5, 5.41) is 0.749. The van der Waals surface area contributed by atoms with E-state index in [1.165, 1.54) is 24.2 Å². The van der Waals surface area contributed by atoms with E-state index in [1.807, 2.05) is 4.90 Å². The van der Waals surface area contributed by atoms with Crippen molar-refractivity contribution in [2.24, 2.45) is 5.41 Å². The zero-order valence-corrected chi connectivity index (χ0v) is 14.6. The van der Waals surface area contributed by atoms with Gasteiger partial charge in [-0.15, -0.1) is 11.3 Å². The summed E-state index contributed by atoms with van der Waals surface area (Å²) in [6, 6.07) is 0. The number of nitrogens with zero attached hydrogens (tertiary/aromatic N) is 5. The van der Waals surface area contributed by atoms with Crippen molar-refractivity contribution >= 4 is 17.2 Å². The fourth-order valence-electron chi connectivity index (χ4n) is 3.93. The van der Waals surface area contributed by atoms with Crippen molar-refractivity contribution in [2.45, 2.75) is 19.3 Å². The molecule has 0 radical (unpaired) electrons. The van der Waals surface area contributed by atoms with Crippen LogP contribution in [0.3, 0.4) is 0 Å². The van der Waals surface area contributed by atoms with E-state index in [1.54, 1.807) is 24.8 Å². The van der Waals surface area contributed by atoms with Crippen molar-refractivity contribution in [3.8, 4) is 10.7 Å². The second-order valence-corrected chi connectivity index (χ2v) is 7.97. The molecule has 0 N–H and O–H groups in total. The summed E-state index contributed by atoms with van der Waals surface area (Å²) in [5.74, 6) is 0.108. The average molecular weight is 343 g/mol. The van der Waals surface area contributed by atoms with Crippen LogP contribution in [0.1, 0.15) is 28.9 Å². The highest BCUT2D eigenvalue weighted by atomic mass is 32.1. The molecule has 0 saturated carbocycles. The molecule has 0 aromatic carbocycles. The van der Waals surface area contributed by atoms with Crippen molar-refractivity contribution in [3.63, 3.8) is 0 Å². The number of piperidine rings is 1. The van der Waals surface area contributed by atoms with Crippen molar-refractivity contribution in [2.75, 3.05) is 33.2 Å². The molecule has 0 bridgehead atoms. The van der Waals surface area contributed by atoms with Crippen LogP contribution < -0.4 is 0 Å². The number of hydrogen-bond donors (Lipinski definition) is 0. The maximum absolute atomic E-state index is 12.9. The predicted octanol–water partition coefficient (Wildman–Crippen LogP) is 2.16. The fourth-order valence-corrected chi connectivity index (χ4v) is 4.78. The normalized spacial score (nSPS) is 24.6. The molecule has 1 unspecified atom stereocenters. The van der Waals surface area contributed by atoms with Gasteiger partial charge in [-0.05, 0) is 32.9 Å². The van der Waals surface area contributed by atoms with E-state index in [0.717, 1.165) is 37.6 Å². The number of amides is 1. The average Bonchev–Trinajstić information content (AvgIpc) is 3.23. The van der Waals surface area contributed by atoms with E-state index >= 15 is 0 Å². The summed E-state index contributed by atoms with van der Waals surface area (Å²) >= 11 is 1.40. The van der Waals surface area contributed by atoms with Crippen LogP contribution in [0.2, 0.25) is 0 Å². The van der Waals surface area contributed by atoms with E-state index in [2.05, 4.69) is 26.9 Å². The first-order valence-corrected chi connectivity index (χ1v) is 9.17. The SMILES string of the molecule is CN1CCC2(CCCN(C(=O)c3cnc(-c4cnccn4)s3)C2)C1. The van der Waals surface area contributed by atoms with Crippen molar-refractivity contribution in [1.29, 1.82) is 0 Å². The Labute approximate surface area is 145 Å². The predicted molar refractivity (Wildman–Crippen MR) is 92.8 cm³/mol. The molecule has 0 aliphatic carbocycles. The quantitative estimate of drug-likeness (QED) is 0.836. The topological polar surface area (TPSA) is 62.2 Å². The second-order valence-electron chi connectivity index (χ2n) is 6.94. The molecule has 2 aromatic heterocycles. The Kier molecular flexibility index (Phi) is 4.05. The van der Waals surface area contributed by atoms with Gasteiger partial charge in [0.05, 0.1) is 12.4 Å². The highest BCUT2D eigenvalue weighted by molar-refractivity contribution is 7.16. The molecule has 1 atom stereocenters. The third-order valence-electron chi connectivity index (χ3n) is 5.08. The van der Waals surface area contributed by atoms with E-state index in [9.17, 15) is 4.79 Å². The maximum Gasteiger partial charge on any atom is 0.265 e. The van der Waals surface area contributed by atoms with E-state index in [4.69, 9.17) is 0 Å². The summed E-state index contributed by atoms with van der Waals surface area (Å²) < 4.78 is 0. The van der Waals surface area contributed by atoms with Crippen LogP contribution >= 0.6 is 11.3 Å². The zero-order valence-electron chi connectivity index (χ0n) is 13.8. The minimum atomic E-state index is 0.108. The number of hydrogen-bond acceptors (Lipinski definition) is 6. The van der Waals surface area contributed by atoms with Gasteiger partial charge in [0.15, 0.2) is 0 Å². The smallest absolute Gasteiger partial charge is 0.265 e. The summed E-state index contributed by atoms with van der Waals surface area (Å²) in [6.07, 6.45) is 10.2. The van der Waals surface area contributed by atoms with Gasteiger partial charge in [-0.25, -0.2) is 4.98 Å². The van der Waals surface area contributed by atoms with E-state index < -0.39 is 0 Å². The van der Waals surface area contributed by atoms with Gasteiger partial charge in [-0.2, -0.15) is 0 Å². The van der Waals surface area contributed by atoms with E-state index in [-0.39, 0.29) is 5.91 Å². The molecule has 24 heavy (non-hydrogen) atoms. The summed E-state index contributed by atoms with van der Waals surface area (Å²) in [5.41, 5.74) is 1.01. The summed E-state index contributed by atoms with van der Waals surface area (Å²) in [4.78, 5) is 30.7. The standard InChI is InChI=1S/C17H21N5OS/c1-21-8-4-17(11-21)3-2-7-22(12-17)16(23)14-10-20-15(24-14)13-9-18-5-6-19-13/h5-6,9-10H,2-4,7-8,11-12H2,1H3. The van der Waals surface area contributed by atoms with Crippen LogP contribution in [-0.4, -0.2) is 63.9 Å². The lowest BCUT2D eigenvalue weighted by atomic mass is 9.79. The molecular weight excluding hydrogens is 322 g/mol. The van der Waals surface area contributed by atoms with Crippen molar-refractivity contribution < 1.29 is 4.79 Å². The molecule has 4 rings (SSSR count). The van der Waals surface area contributed by atoms with Gasteiger partial charge in [0.2, 0.25) is 0 Å². The third kappa shape index (κ3) is 2.93. The van der Waals surface area contributed by atoms with Crippen LogP contribution in [0.15, 0.2) is 24.8 Å². The number of rotatable bonds is 2. The van der Waals surface area contributed by atoms with Crippen molar-refractivity contribution in [1.82, 2.24) is 24.8 Å². The van der Waals surface area contributed by atoms with Gasteiger partial charge >= 0.3 is 0 Å². The van der Waals surface area contributed by atoms with Crippen molar-refractivity contribution in [3.05, 3.63) is 29.7 Å². The Balaban J connectivity index is 1.51. The lowest BCUT2D eigenvalue weighted by Crippen LogP contribution is -2.47. The first-order chi connectivity index (χ1) is 11.7. The molecule has 2 aromatic rings. The Morgan fingerprint density at radius 3 is 2.83 bits per heavy atom. The molecule has 1 spiro atoms. The highest BCUT2D eigenvalue weighted by Gasteiger charge is 2.41. The largest absolute Gasteiger partial charge is 0.337 e. The maximum atomic E-state index is 12.9. The van der Waals surface area contributed by atoms with Gasteiger partial charge in [-0.3, -0.25) is 14.8 Å². The van der Waals surface area contributed by atoms with Gasteiger partial charge in [-0.1, -0.05) is 0 Å². The van der Waals surface area contributed by atoms with Crippen LogP contribution in [0, 0.1) is 5.41 Å². The highest BCUT2D eigenvalue weighted by Crippen LogP contribution is 2.39. The Bertz CT molecular complexity index is 730. The Hall–Kier alpha value is -1.86. The van der Waals surface area contributed by atoms with Crippen LogP contribution in [-0.2, 0) is 0 Å². The number of carbonyl (C=O) groups excluding carboxylic acids is 1. The van der Waals surface area contributed by atoms with Gasteiger partial charge < -0.3 is 9.80 Å². The second kappa shape index (κ2) is 6.22. The molecule has 2 fully saturated rings. The first kappa shape index (κ1) is 15.7. The molecular formula is C17H21N5OS. The molecule has 2 saturated heterocycles. The first-order valence-electron chi connectivity index (χ1n) is 8.35. The number of aromatic nitrogens is 3. The Morgan fingerprint density at radius 1 is 1.17 bits per heavy atom. The molecule has 2 aliphatic heterocycles. The van der Waals surface area contributed by atoms with Gasteiger partial charge in [0.25, 0.3) is 5.91 Å². The van der Waals surface area contributed by atoms with Gasteiger partial charge in [0, 0.05) is 37.4 Å². The lowest BCUT2D eigenvalue weighted by molar-refractivity contribution is 0.0539. The third-order valence-corrected chi connectivity index (χ3v) is 6.08. The fraction of sp³-hybridized carbons (Fsp3) is 0.529. The zero-order chi connectivity index (χ0) is 16.6. The number of likely N-dealkylation sites (tertiary alicyclic amines) is 2. The number of carbonyl (C=O) groups is 1.